The van der Waals surface area contributed by atoms with Crippen LogP contribution in [0.4, 0.5) is 0 Å². The zero-order chi connectivity index (χ0) is 9.05. The van der Waals surface area contributed by atoms with Crippen LogP contribution in [0.3, 0.4) is 0 Å². The van der Waals surface area contributed by atoms with Crippen molar-refractivity contribution in [1.29, 1.82) is 0 Å². The van der Waals surface area contributed by atoms with Crippen molar-refractivity contribution in [2.75, 3.05) is 0 Å². The summed E-state index contributed by atoms with van der Waals surface area (Å²) >= 11 is 0. The molecule has 4 saturated carbocycles. The average molecular weight is 186 g/mol. The van der Waals surface area contributed by atoms with Gasteiger partial charge < -0.3 is 5.11 Å². The maximum absolute atomic E-state index is 12.6. The van der Waals surface area contributed by atoms with E-state index in [4.69, 9.17) is 0 Å². The van der Waals surface area contributed by atoms with Crippen molar-refractivity contribution in [3.05, 3.63) is 0 Å². The van der Waals surface area contributed by atoms with Gasteiger partial charge in [0.25, 0.3) is 0 Å². The quantitative estimate of drug-likeness (QED) is 0.479. The predicted molar refractivity (Wildman–Crippen MR) is 50.1 cm³/mol. The Bertz CT molecular complexity index is 198. The topological polar surface area (TPSA) is 23.1 Å². The Morgan fingerprint density at radius 1 is 1.00 bits per heavy atom. The second kappa shape index (κ2) is 3.54. The first-order valence-corrected chi connectivity index (χ1v) is 5.92. The molecular formula is C12H19LiO. The van der Waals surface area contributed by atoms with Crippen LogP contribution in [0.15, 0.2) is 0 Å². The number of hydrogen-bond acceptors (Lipinski definition) is 1. The summed E-state index contributed by atoms with van der Waals surface area (Å²) < 4.78 is 0. The Morgan fingerprint density at radius 3 is 1.79 bits per heavy atom. The molecule has 0 aromatic rings. The van der Waals surface area contributed by atoms with E-state index >= 15 is 0 Å². The van der Waals surface area contributed by atoms with Crippen molar-refractivity contribution in [3.63, 3.8) is 0 Å². The van der Waals surface area contributed by atoms with Gasteiger partial charge in [0, 0.05) is 0 Å². The van der Waals surface area contributed by atoms with Crippen LogP contribution in [0.25, 0.3) is 0 Å². The van der Waals surface area contributed by atoms with Gasteiger partial charge in [0.05, 0.1) is 0 Å². The molecule has 4 bridgehead atoms. The van der Waals surface area contributed by atoms with Gasteiger partial charge >= 0.3 is 18.9 Å². The molecule has 0 saturated heterocycles. The molecule has 4 aliphatic carbocycles. The second-order valence-corrected chi connectivity index (χ2v) is 5.61. The van der Waals surface area contributed by atoms with E-state index < -0.39 is 5.60 Å². The molecule has 0 N–H and O–H groups in total. The van der Waals surface area contributed by atoms with Crippen molar-refractivity contribution in [2.45, 2.75) is 51.0 Å². The molecule has 0 radical (unpaired) electrons. The molecule has 1 nitrogen and oxygen atoms in total. The molecule has 4 aliphatic rings. The normalized spacial score (nSPS) is 54.4. The number of hydrogen-bond donors (Lipinski definition) is 0. The van der Waals surface area contributed by atoms with Gasteiger partial charge in [0.15, 0.2) is 0 Å². The molecular weight excluding hydrogens is 167 g/mol. The Hall–Kier alpha value is 0.557. The minimum atomic E-state index is -0.507. The largest absolute Gasteiger partial charge is 1.00 e. The van der Waals surface area contributed by atoms with Crippen LogP contribution in [0, 0.1) is 23.7 Å². The van der Waals surface area contributed by atoms with E-state index in [1.807, 2.05) is 0 Å². The summed E-state index contributed by atoms with van der Waals surface area (Å²) in [6.45, 7) is 2.11. The van der Waals surface area contributed by atoms with Crippen molar-refractivity contribution in [1.82, 2.24) is 0 Å². The first-order chi connectivity index (χ1) is 6.22. The van der Waals surface area contributed by atoms with Crippen LogP contribution in [0.2, 0.25) is 0 Å². The molecule has 4 fully saturated rings. The van der Waals surface area contributed by atoms with Gasteiger partial charge in [-0.05, 0) is 43.9 Å². The minimum Gasteiger partial charge on any atom is -0.849 e. The Labute approximate surface area is 98.8 Å². The van der Waals surface area contributed by atoms with Crippen LogP contribution in [0.5, 0.6) is 0 Å². The summed E-state index contributed by atoms with van der Waals surface area (Å²) in [5, 5.41) is 12.6. The molecule has 14 heavy (non-hydrogen) atoms. The third-order valence-corrected chi connectivity index (χ3v) is 5.07. The molecule has 2 heteroatoms. The van der Waals surface area contributed by atoms with Crippen molar-refractivity contribution in [3.8, 4) is 0 Å². The maximum Gasteiger partial charge on any atom is 1.00 e. The summed E-state index contributed by atoms with van der Waals surface area (Å²) in [4.78, 5) is 0. The number of rotatable bonds is 1. The zero-order valence-corrected chi connectivity index (χ0v) is 9.46. The van der Waals surface area contributed by atoms with Crippen molar-refractivity contribution < 1.29 is 24.0 Å². The predicted octanol–water partition coefficient (Wildman–Crippen LogP) is -1.04. The SMILES string of the molecule is CCC1([O-])C2CC3CC(C2)CC1C3.[Li+]. The Kier molecular flexibility index (Phi) is 2.80. The van der Waals surface area contributed by atoms with Crippen molar-refractivity contribution >= 4 is 0 Å². The molecule has 0 aromatic heterocycles. The summed E-state index contributed by atoms with van der Waals surface area (Å²) in [6.07, 6.45) is 7.40. The second-order valence-electron chi connectivity index (χ2n) is 5.61. The van der Waals surface area contributed by atoms with Crippen LogP contribution < -0.4 is 24.0 Å². The molecule has 0 aliphatic heterocycles. The standard InChI is InChI=1S/C12H19O.Li/c1-2-12(13)10-4-8-3-9(6-10)7-11(12)5-8;/h8-11H,2-7H2,1H3;/q-1;+1. The van der Waals surface area contributed by atoms with Crippen LogP contribution in [-0.4, -0.2) is 5.60 Å². The summed E-state index contributed by atoms with van der Waals surface area (Å²) in [5.41, 5.74) is -0.507. The summed E-state index contributed by atoms with van der Waals surface area (Å²) in [5.74, 6) is 2.98. The Balaban J connectivity index is 0.000000750. The van der Waals surface area contributed by atoms with Crippen LogP contribution >= 0.6 is 0 Å². The maximum atomic E-state index is 12.6. The Morgan fingerprint density at radius 2 is 1.43 bits per heavy atom. The minimum absolute atomic E-state index is 0. The zero-order valence-electron chi connectivity index (χ0n) is 9.46. The van der Waals surface area contributed by atoms with E-state index in [0.717, 1.165) is 18.3 Å². The first-order valence-electron chi connectivity index (χ1n) is 5.92. The molecule has 0 heterocycles. The molecule has 0 aromatic carbocycles. The van der Waals surface area contributed by atoms with Gasteiger partial charge in [-0.1, -0.05) is 25.2 Å². The molecule has 0 atom stereocenters. The van der Waals surface area contributed by atoms with E-state index in [1.54, 1.807) is 0 Å². The van der Waals surface area contributed by atoms with E-state index in [-0.39, 0.29) is 18.9 Å². The van der Waals surface area contributed by atoms with Crippen molar-refractivity contribution in [2.24, 2.45) is 23.7 Å². The summed E-state index contributed by atoms with van der Waals surface area (Å²) in [6, 6.07) is 0. The molecule has 0 spiro atoms. The van der Waals surface area contributed by atoms with E-state index in [0.29, 0.717) is 11.8 Å². The van der Waals surface area contributed by atoms with Gasteiger partial charge in [-0.2, -0.15) is 0 Å². The average Bonchev–Trinajstić information content (AvgIpc) is 2.13. The summed E-state index contributed by atoms with van der Waals surface area (Å²) in [7, 11) is 0. The first kappa shape index (κ1) is 11.1. The smallest absolute Gasteiger partial charge is 0.849 e. The third-order valence-electron chi connectivity index (χ3n) is 5.07. The van der Waals surface area contributed by atoms with Gasteiger partial charge in [0.2, 0.25) is 0 Å². The molecule has 74 valence electrons. The van der Waals surface area contributed by atoms with Crippen LogP contribution in [-0.2, 0) is 0 Å². The molecule has 4 rings (SSSR count). The monoisotopic (exact) mass is 186 g/mol. The van der Waals surface area contributed by atoms with Crippen LogP contribution in [0.1, 0.15) is 45.4 Å². The van der Waals surface area contributed by atoms with Gasteiger partial charge in [0.1, 0.15) is 0 Å². The third kappa shape index (κ3) is 1.33. The molecule has 0 amide bonds. The fourth-order valence-corrected chi connectivity index (χ4v) is 4.56. The van der Waals surface area contributed by atoms with E-state index in [9.17, 15) is 5.11 Å². The fraction of sp³-hybridized carbons (Fsp3) is 1.00. The van der Waals surface area contributed by atoms with Gasteiger partial charge in [-0.25, -0.2) is 0 Å². The fourth-order valence-electron chi connectivity index (χ4n) is 4.56. The van der Waals surface area contributed by atoms with Gasteiger partial charge in [-0.15, -0.1) is 5.60 Å². The van der Waals surface area contributed by atoms with E-state index in [1.165, 1.54) is 32.1 Å². The molecule has 0 unspecified atom stereocenters. The van der Waals surface area contributed by atoms with Gasteiger partial charge in [-0.3, -0.25) is 0 Å². The van der Waals surface area contributed by atoms with E-state index in [2.05, 4.69) is 6.92 Å².